The molecule has 0 saturated carbocycles. The van der Waals surface area contributed by atoms with Crippen molar-refractivity contribution in [3.63, 3.8) is 0 Å². The first-order chi connectivity index (χ1) is 9.90. The molecule has 5 heteroatoms. The fourth-order valence-electron chi connectivity index (χ4n) is 2.09. The van der Waals surface area contributed by atoms with Crippen molar-refractivity contribution in [2.24, 2.45) is 0 Å². The summed E-state index contributed by atoms with van der Waals surface area (Å²) in [5, 5.41) is 9.93. The van der Waals surface area contributed by atoms with Crippen molar-refractivity contribution < 1.29 is 9.90 Å². The van der Waals surface area contributed by atoms with Gasteiger partial charge in [-0.1, -0.05) is 35.3 Å². The summed E-state index contributed by atoms with van der Waals surface area (Å²) in [4.78, 5) is 13.0. The maximum absolute atomic E-state index is 11.0. The third kappa shape index (κ3) is 3.49. The van der Waals surface area contributed by atoms with E-state index in [2.05, 4.69) is 6.92 Å². The molecule has 2 aromatic carbocycles. The van der Waals surface area contributed by atoms with Crippen molar-refractivity contribution >= 4 is 34.9 Å². The van der Waals surface area contributed by atoms with Crippen molar-refractivity contribution in [2.75, 3.05) is 11.9 Å². The number of aromatic carboxylic acids is 1. The van der Waals surface area contributed by atoms with E-state index < -0.39 is 5.97 Å². The van der Waals surface area contributed by atoms with Gasteiger partial charge in [0, 0.05) is 17.8 Å². The summed E-state index contributed by atoms with van der Waals surface area (Å²) >= 11 is 11.9. The monoisotopic (exact) mass is 323 g/mol. The van der Waals surface area contributed by atoms with E-state index >= 15 is 0 Å². The Kier molecular flexibility index (Phi) is 4.76. The van der Waals surface area contributed by atoms with Gasteiger partial charge in [-0.3, -0.25) is 0 Å². The number of nitrogens with zero attached hydrogens (tertiary/aromatic N) is 1. The first kappa shape index (κ1) is 15.7. The second-order valence-corrected chi connectivity index (χ2v) is 5.65. The zero-order valence-electron chi connectivity index (χ0n) is 11.7. The molecule has 0 aromatic heterocycles. The topological polar surface area (TPSA) is 40.5 Å². The lowest BCUT2D eigenvalue weighted by atomic mass is 10.1. The van der Waals surface area contributed by atoms with E-state index in [0.29, 0.717) is 5.02 Å². The molecule has 1 atom stereocenters. The van der Waals surface area contributed by atoms with Gasteiger partial charge in [0.2, 0.25) is 0 Å². The number of rotatable bonds is 4. The number of hydrogen-bond acceptors (Lipinski definition) is 2. The van der Waals surface area contributed by atoms with Crippen LogP contribution >= 0.6 is 23.2 Å². The van der Waals surface area contributed by atoms with Crippen LogP contribution in [0.2, 0.25) is 10.0 Å². The molecule has 110 valence electrons. The minimum Gasteiger partial charge on any atom is -0.478 e. The molecule has 3 nitrogen and oxygen atoms in total. The molecule has 21 heavy (non-hydrogen) atoms. The molecule has 0 radical (unpaired) electrons. The highest BCUT2D eigenvalue weighted by Crippen LogP contribution is 2.29. The maximum atomic E-state index is 11.0. The smallest absolute Gasteiger partial charge is 0.337 e. The molecule has 0 saturated heterocycles. The first-order valence-electron chi connectivity index (χ1n) is 6.41. The normalized spacial score (nSPS) is 12.0. The molecule has 0 bridgehead atoms. The van der Waals surface area contributed by atoms with Crippen LogP contribution < -0.4 is 4.90 Å². The first-order valence-corrected chi connectivity index (χ1v) is 7.17. The van der Waals surface area contributed by atoms with Crippen LogP contribution in [0.4, 0.5) is 5.69 Å². The Labute approximate surface area is 133 Å². The Balaban J connectivity index is 2.27. The van der Waals surface area contributed by atoms with Gasteiger partial charge in [-0.05, 0) is 42.8 Å². The van der Waals surface area contributed by atoms with Gasteiger partial charge in [0.15, 0.2) is 0 Å². The molecule has 0 fully saturated rings. The Morgan fingerprint density at radius 1 is 1.14 bits per heavy atom. The van der Waals surface area contributed by atoms with E-state index in [-0.39, 0.29) is 16.6 Å². The van der Waals surface area contributed by atoms with E-state index in [1.807, 2.05) is 36.2 Å². The molecular formula is C16H15Cl2NO2. The molecule has 1 N–H and O–H groups in total. The zero-order valence-corrected chi connectivity index (χ0v) is 13.2. The van der Waals surface area contributed by atoms with Crippen LogP contribution in [-0.2, 0) is 0 Å². The Hall–Kier alpha value is -1.71. The van der Waals surface area contributed by atoms with Crippen molar-refractivity contribution in [3.8, 4) is 0 Å². The van der Waals surface area contributed by atoms with Gasteiger partial charge in [0.05, 0.1) is 16.6 Å². The lowest BCUT2D eigenvalue weighted by Gasteiger charge is -2.27. The Morgan fingerprint density at radius 2 is 1.76 bits per heavy atom. The van der Waals surface area contributed by atoms with Crippen LogP contribution in [0.3, 0.4) is 0 Å². The van der Waals surface area contributed by atoms with Crippen LogP contribution in [0.5, 0.6) is 0 Å². The number of benzene rings is 2. The minimum atomic E-state index is -1.03. The molecule has 0 aliphatic heterocycles. The highest BCUT2D eigenvalue weighted by atomic mass is 35.5. The molecular weight excluding hydrogens is 309 g/mol. The fourth-order valence-corrected chi connectivity index (χ4v) is 2.47. The Morgan fingerprint density at radius 3 is 2.29 bits per heavy atom. The van der Waals surface area contributed by atoms with Gasteiger partial charge >= 0.3 is 5.97 Å². The summed E-state index contributed by atoms with van der Waals surface area (Å²) < 4.78 is 0. The van der Waals surface area contributed by atoms with Gasteiger partial charge in [0.1, 0.15) is 0 Å². The Bertz CT molecular complexity index is 656. The molecule has 0 amide bonds. The van der Waals surface area contributed by atoms with E-state index in [4.69, 9.17) is 28.3 Å². The van der Waals surface area contributed by atoms with E-state index in [9.17, 15) is 4.79 Å². The molecule has 0 spiro atoms. The number of hydrogen-bond donors (Lipinski definition) is 1. The predicted molar refractivity (Wildman–Crippen MR) is 86.7 cm³/mol. The minimum absolute atomic E-state index is 0.105. The summed E-state index contributed by atoms with van der Waals surface area (Å²) in [7, 11) is 1.94. The molecule has 2 aromatic rings. The van der Waals surface area contributed by atoms with Crippen molar-refractivity contribution in [3.05, 3.63) is 63.6 Å². The van der Waals surface area contributed by atoms with Gasteiger partial charge in [-0.15, -0.1) is 0 Å². The predicted octanol–water partition coefficient (Wildman–Crippen LogP) is 4.89. The fraction of sp³-hybridized carbons (Fsp3) is 0.188. The summed E-state index contributed by atoms with van der Waals surface area (Å²) in [5.74, 6) is -1.03. The van der Waals surface area contributed by atoms with Crippen LogP contribution in [0, 0.1) is 0 Å². The average Bonchev–Trinajstić information content (AvgIpc) is 2.46. The van der Waals surface area contributed by atoms with Gasteiger partial charge in [-0.2, -0.15) is 0 Å². The van der Waals surface area contributed by atoms with Crippen molar-refractivity contribution in [1.82, 2.24) is 0 Å². The zero-order chi connectivity index (χ0) is 15.6. The molecule has 0 aliphatic carbocycles. The van der Waals surface area contributed by atoms with Crippen LogP contribution in [0.15, 0.2) is 42.5 Å². The molecule has 0 aliphatic rings. The van der Waals surface area contributed by atoms with E-state index in [1.54, 1.807) is 12.1 Å². The summed E-state index contributed by atoms with van der Waals surface area (Å²) in [6.45, 7) is 2.06. The lowest BCUT2D eigenvalue weighted by molar-refractivity contribution is 0.0697. The maximum Gasteiger partial charge on any atom is 0.337 e. The van der Waals surface area contributed by atoms with Gasteiger partial charge in [-0.25, -0.2) is 4.79 Å². The number of anilines is 1. The summed E-state index contributed by atoms with van der Waals surface area (Å²) in [6.07, 6.45) is 0. The average molecular weight is 324 g/mol. The molecule has 2 rings (SSSR count). The molecule has 0 heterocycles. The standard InChI is InChI=1S/C16H15Cl2NO2/c1-10(11-3-5-12(17)6-4-11)19(2)13-7-8-14(16(20)21)15(18)9-13/h3-10H,1-2H3,(H,20,21). The highest BCUT2D eigenvalue weighted by Gasteiger charge is 2.15. The third-order valence-electron chi connectivity index (χ3n) is 3.52. The van der Waals surface area contributed by atoms with Crippen molar-refractivity contribution in [1.29, 1.82) is 0 Å². The number of halogens is 2. The molecule has 1 unspecified atom stereocenters. The third-order valence-corrected chi connectivity index (χ3v) is 4.09. The van der Waals surface area contributed by atoms with Crippen LogP contribution in [0.25, 0.3) is 0 Å². The quantitative estimate of drug-likeness (QED) is 0.870. The lowest BCUT2D eigenvalue weighted by Crippen LogP contribution is -2.21. The number of carboxylic acid groups (broad SMARTS) is 1. The SMILES string of the molecule is CC(c1ccc(Cl)cc1)N(C)c1ccc(C(=O)O)c(Cl)c1. The second-order valence-electron chi connectivity index (χ2n) is 4.81. The van der Waals surface area contributed by atoms with Crippen molar-refractivity contribution in [2.45, 2.75) is 13.0 Å². The number of carbonyl (C=O) groups is 1. The largest absolute Gasteiger partial charge is 0.478 e. The highest BCUT2D eigenvalue weighted by molar-refractivity contribution is 6.33. The van der Waals surface area contributed by atoms with Gasteiger partial charge in [0.25, 0.3) is 0 Å². The second kappa shape index (κ2) is 6.37. The summed E-state index contributed by atoms with van der Waals surface area (Å²) in [5.41, 5.74) is 2.07. The van der Waals surface area contributed by atoms with Crippen LogP contribution in [0.1, 0.15) is 28.9 Å². The van der Waals surface area contributed by atoms with Gasteiger partial charge < -0.3 is 10.0 Å². The number of carboxylic acids is 1. The van der Waals surface area contributed by atoms with Crippen LogP contribution in [-0.4, -0.2) is 18.1 Å². The van der Waals surface area contributed by atoms with E-state index in [1.165, 1.54) is 6.07 Å². The summed E-state index contributed by atoms with van der Waals surface area (Å²) in [6, 6.07) is 12.7. The van der Waals surface area contributed by atoms with E-state index in [0.717, 1.165) is 11.3 Å².